The Hall–Kier alpha value is 0. The maximum absolute atomic E-state index is 2.68. The molecule has 4 rings (SSSR count). The van der Waals surface area contributed by atoms with Crippen LogP contribution < -0.4 is 0 Å². The molecular formula is C22H38. The molecule has 0 aromatic carbocycles. The molecule has 6 unspecified atom stereocenters. The van der Waals surface area contributed by atoms with E-state index in [0.29, 0.717) is 43.3 Å². The molecule has 0 aromatic rings. The summed E-state index contributed by atoms with van der Waals surface area (Å²) in [5.41, 5.74) is 3.75. The highest BCUT2D eigenvalue weighted by atomic mass is 15.1. The number of hydrogen-bond acceptors (Lipinski definition) is 0. The summed E-state index contributed by atoms with van der Waals surface area (Å²) in [6.45, 7) is 31.2. The lowest BCUT2D eigenvalue weighted by Gasteiger charge is -3.14. The Morgan fingerprint density at radius 1 is 0.409 bits per heavy atom. The maximum atomic E-state index is 2.68. The van der Waals surface area contributed by atoms with Crippen LogP contribution in [0, 0.1) is 55.2 Å². The second kappa shape index (κ2) is 2.88. The summed E-state index contributed by atoms with van der Waals surface area (Å²) in [4.78, 5) is 0. The molecule has 6 atom stereocenters. The van der Waals surface area contributed by atoms with E-state index in [-0.39, 0.29) is 0 Å². The summed E-state index contributed by atoms with van der Waals surface area (Å²) in [6.07, 6.45) is 0. The van der Waals surface area contributed by atoms with E-state index in [1.54, 1.807) is 0 Å². The van der Waals surface area contributed by atoms with Crippen LogP contribution in [0.5, 0.6) is 0 Å². The lowest BCUT2D eigenvalue weighted by atomic mass is 8.89. The van der Waals surface area contributed by atoms with Gasteiger partial charge in [0.1, 0.15) is 0 Å². The van der Waals surface area contributed by atoms with Gasteiger partial charge in [-0.2, -0.15) is 0 Å². The summed E-state index contributed by atoms with van der Waals surface area (Å²) < 4.78 is 0. The Morgan fingerprint density at radius 3 is 0.864 bits per heavy atom. The Morgan fingerprint density at radius 2 is 0.636 bits per heavy atom. The molecule has 0 saturated heterocycles. The van der Waals surface area contributed by atoms with Crippen molar-refractivity contribution in [2.75, 3.05) is 0 Å². The van der Waals surface area contributed by atoms with Crippen LogP contribution in [0.4, 0.5) is 0 Å². The fourth-order valence-electron chi connectivity index (χ4n) is 11.5. The van der Waals surface area contributed by atoms with E-state index in [2.05, 4.69) is 83.1 Å². The van der Waals surface area contributed by atoms with Crippen LogP contribution in [0.1, 0.15) is 83.1 Å². The minimum atomic E-state index is 0.417. The molecule has 0 aliphatic heterocycles. The molecule has 0 N–H and O–H groups in total. The van der Waals surface area contributed by atoms with Gasteiger partial charge >= 0.3 is 0 Å². The molecule has 4 saturated carbocycles. The first kappa shape index (κ1) is 15.5. The van der Waals surface area contributed by atoms with Crippen molar-refractivity contribution in [3.63, 3.8) is 0 Å². The Bertz CT molecular complexity index is 552. The van der Waals surface area contributed by atoms with Crippen LogP contribution in [-0.4, -0.2) is 0 Å². The first-order valence-electron chi connectivity index (χ1n) is 9.57. The molecule has 4 fully saturated rings. The fourth-order valence-corrected chi connectivity index (χ4v) is 11.5. The minimum Gasteiger partial charge on any atom is -0.0616 e. The summed E-state index contributed by atoms with van der Waals surface area (Å²) in [5, 5.41) is 0. The standard InChI is InChI=1S/C22H38/c1-13-14(2)22-18(9,10)16(5,6)20(22,12)19(11)15(3,4)17(7,8)21(13,19)22/h13-14H,1-12H3. The predicted molar refractivity (Wildman–Crippen MR) is 94.5 cm³/mol. The first-order chi connectivity index (χ1) is 9.57. The van der Waals surface area contributed by atoms with Crippen LogP contribution in [-0.2, 0) is 0 Å². The molecule has 126 valence electrons. The summed E-state index contributed by atoms with van der Waals surface area (Å²) >= 11 is 0. The van der Waals surface area contributed by atoms with E-state index in [4.69, 9.17) is 0 Å². The lowest BCUT2D eigenvalue weighted by Crippen LogP contribution is -3.11. The normalized spacial score (nSPS) is 63.8. The van der Waals surface area contributed by atoms with E-state index >= 15 is 0 Å². The molecule has 0 aromatic heterocycles. The smallest absolute Gasteiger partial charge is 0.00778 e. The molecular weight excluding hydrogens is 264 g/mol. The molecule has 0 radical (unpaired) electrons. The largest absolute Gasteiger partial charge is 0.0616 e. The molecule has 0 bridgehead atoms. The topological polar surface area (TPSA) is 0 Å². The van der Waals surface area contributed by atoms with Gasteiger partial charge in [-0.15, -0.1) is 0 Å². The van der Waals surface area contributed by atoms with Crippen molar-refractivity contribution in [1.82, 2.24) is 0 Å². The van der Waals surface area contributed by atoms with E-state index in [9.17, 15) is 0 Å². The molecule has 4 aliphatic carbocycles. The van der Waals surface area contributed by atoms with Gasteiger partial charge in [0.05, 0.1) is 0 Å². The van der Waals surface area contributed by atoms with Crippen molar-refractivity contribution < 1.29 is 0 Å². The van der Waals surface area contributed by atoms with E-state index in [1.807, 2.05) is 0 Å². The maximum Gasteiger partial charge on any atom is -0.00778 e. The number of fused-ring (bicyclic) bond motifs is 1. The zero-order valence-corrected chi connectivity index (χ0v) is 17.2. The van der Waals surface area contributed by atoms with Crippen LogP contribution in [0.15, 0.2) is 0 Å². The summed E-state index contributed by atoms with van der Waals surface area (Å²) in [6, 6.07) is 0. The summed E-state index contributed by atoms with van der Waals surface area (Å²) in [5.74, 6) is 1.73. The average Bonchev–Trinajstić information content (AvgIpc) is 2.38. The SMILES string of the molecule is CC1C(C)C23C(C)(C)C(C)(C)C2(C)C2(C)C(C)(C)C(C)(C)C123. The van der Waals surface area contributed by atoms with E-state index < -0.39 is 0 Å². The van der Waals surface area contributed by atoms with Gasteiger partial charge < -0.3 is 0 Å². The highest BCUT2D eigenvalue weighted by molar-refractivity contribution is 5.57. The van der Waals surface area contributed by atoms with Gasteiger partial charge in [0.15, 0.2) is 0 Å². The third-order valence-electron chi connectivity index (χ3n) is 12.9. The minimum absolute atomic E-state index is 0.417. The quantitative estimate of drug-likeness (QED) is 0.485. The van der Waals surface area contributed by atoms with Crippen molar-refractivity contribution in [1.29, 1.82) is 0 Å². The van der Waals surface area contributed by atoms with Gasteiger partial charge in [0, 0.05) is 0 Å². The van der Waals surface area contributed by atoms with Crippen molar-refractivity contribution >= 4 is 0 Å². The van der Waals surface area contributed by atoms with Crippen molar-refractivity contribution in [2.24, 2.45) is 55.2 Å². The predicted octanol–water partition coefficient (Wildman–Crippen LogP) is 6.40. The average molecular weight is 303 g/mol. The monoisotopic (exact) mass is 302 g/mol. The zero-order valence-electron chi connectivity index (χ0n) is 17.2. The van der Waals surface area contributed by atoms with Gasteiger partial charge in [0.2, 0.25) is 0 Å². The highest BCUT2D eigenvalue weighted by Crippen LogP contribution is 3.15. The molecule has 22 heavy (non-hydrogen) atoms. The van der Waals surface area contributed by atoms with Gasteiger partial charge in [-0.05, 0) is 55.2 Å². The Kier molecular flexibility index (Phi) is 2.03. The van der Waals surface area contributed by atoms with Crippen LogP contribution in [0.2, 0.25) is 0 Å². The number of rotatable bonds is 0. The molecule has 0 heteroatoms. The van der Waals surface area contributed by atoms with E-state index in [0.717, 1.165) is 11.8 Å². The first-order valence-corrected chi connectivity index (χ1v) is 9.57. The third kappa shape index (κ3) is 0.643. The highest BCUT2D eigenvalue weighted by Gasteiger charge is 3.11. The van der Waals surface area contributed by atoms with Gasteiger partial charge in [0.25, 0.3) is 0 Å². The number of hydrogen-bond donors (Lipinski definition) is 0. The second-order valence-corrected chi connectivity index (χ2v) is 11.9. The summed E-state index contributed by atoms with van der Waals surface area (Å²) in [7, 11) is 0. The fraction of sp³-hybridized carbons (Fsp3) is 1.00. The Labute approximate surface area is 138 Å². The molecule has 4 aliphatic rings. The molecule has 0 heterocycles. The van der Waals surface area contributed by atoms with Gasteiger partial charge in [-0.3, -0.25) is 0 Å². The van der Waals surface area contributed by atoms with Gasteiger partial charge in [-0.1, -0.05) is 83.1 Å². The molecule has 2 spiro atoms. The third-order valence-corrected chi connectivity index (χ3v) is 12.9. The lowest BCUT2D eigenvalue weighted by molar-refractivity contribution is -0.679. The van der Waals surface area contributed by atoms with Crippen LogP contribution in [0.25, 0.3) is 0 Å². The molecule has 0 amide bonds. The van der Waals surface area contributed by atoms with Crippen molar-refractivity contribution in [3.05, 3.63) is 0 Å². The second-order valence-electron chi connectivity index (χ2n) is 11.9. The molecule has 0 nitrogen and oxygen atoms in total. The zero-order chi connectivity index (χ0) is 17.2. The van der Waals surface area contributed by atoms with Crippen LogP contribution >= 0.6 is 0 Å². The van der Waals surface area contributed by atoms with Crippen molar-refractivity contribution in [3.8, 4) is 0 Å². The van der Waals surface area contributed by atoms with Crippen molar-refractivity contribution in [2.45, 2.75) is 83.1 Å². The van der Waals surface area contributed by atoms with Crippen LogP contribution in [0.3, 0.4) is 0 Å². The van der Waals surface area contributed by atoms with E-state index in [1.165, 1.54) is 0 Å². The Balaban J connectivity index is 2.07. The van der Waals surface area contributed by atoms with Gasteiger partial charge in [-0.25, -0.2) is 0 Å².